The van der Waals surface area contributed by atoms with Crippen LogP contribution in [0.5, 0.6) is 0 Å². The van der Waals surface area contributed by atoms with E-state index in [9.17, 15) is 35.7 Å². The summed E-state index contributed by atoms with van der Waals surface area (Å²) < 4.78 is 21.8. The van der Waals surface area contributed by atoms with Crippen molar-refractivity contribution in [2.45, 2.75) is 102 Å². The monoisotopic (exact) mass is 428 g/mol. The maximum Gasteiger partial charge on any atom is 0.209 e. The van der Waals surface area contributed by atoms with E-state index in [2.05, 4.69) is 0 Å². The Bertz CT molecular complexity index is 457. The van der Waals surface area contributed by atoms with Crippen molar-refractivity contribution in [1.29, 1.82) is 0 Å². The molecule has 1 heterocycles. The third-order valence-corrected chi connectivity index (χ3v) is 5.35. The third kappa shape index (κ3) is 7.04. The van der Waals surface area contributed by atoms with E-state index in [1.807, 2.05) is 20.8 Å². The highest BCUT2D eigenvalue weighted by atomic mass is 16.7. The molecule has 0 aromatic heterocycles. The molecule has 8 atom stereocenters. The molecule has 11 heteroatoms. The number of aliphatic hydroxyl groups excluding tert-OH is 6. The van der Waals surface area contributed by atoms with Crippen LogP contribution < -0.4 is 0 Å². The normalized spacial score (nSPS) is 31.7. The van der Waals surface area contributed by atoms with Crippen molar-refractivity contribution in [2.24, 2.45) is 0 Å². The highest BCUT2D eigenvalue weighted by Gasteiger charge is 2.46. The number of hydrogen-bond acceptors (Lipinski definition) is 11. The topological polar surface area (TPSA) is 179 Å². The van der Waals surface area contributed by atoms with Crippen molar-refractivity contribution in [3.05, 3.63) is 0 Å². The van der Waals surface area contributed by atoms with Crippen LogP contribution in [0.25, 0.3) is 0 Å². The van der Waals surface area contributed by atoms with Gasteiger partial charge in [-0.1, -0.05) is 13.8 Å². The van der Waals surface area contributed by atoms with Crippen LogP contribution in [0.4, 0.5) is 0 Å². The van der Waals surface area contributed by atoms with Gasteiger partial charge < -0.3 is 54.7 Å². The van der Waals surface area contributed by atoms with Crippen LogP contribution in [0.15, 0.2) is 0 Å². The summed E-state index contributed by atoms with van der Waals surface area (Å²) in [7, 11) is 0. The van der Waals surface area contributed by atoms with Crippen molar-refractivity contribution in [3.63, 3.8) is 0 Å². The maximum atomic E-state index is 10.1. The predicted octanol–water partition coefficient (Wildman–Crippen LogP) is -2.20. The second-order valence-corrected chi connectivity index (χ2v) is 7.45. The second kappa shape index (κ2) is 11.8. The van der Waals surface area contributed by atoms with E-state index in [0.717, 1.165) is 0 Å². The Morgan fingerprint density at radius 3 is 2.07 bits per heavy atom. The minimum Gasteiger partial charge on any atom is -0.394 e. The van der Waals surface area contributed by atoms with E-state index in [4.69, 9.17) is 18.9 Å². The molecule has 8 unspecified atom stereocenters. The quantitative estimate of drug-likeness (QED) is 0.168. The second-order valence-electron chi connectivity index (χ2n) is 7.45. The molecular formula is C18H36O11. The summed E-state index contributed by atoms with van der Waals surface area (Å²) in [6.07, 6.45) is -12.1. The summed E-state index contributed by atoms with van der Waals surface area (Å²) in [4.78, 5) is 0. The molecule has 174 valence electrons. The average molecular weight is 428 g/mol. The van der Waals surface area contributed by atoms with Gasteiger partial charge in [0, 0.05) is 0 Å². The van der Waals surface area contributed by atoms with E-state index in [0.29, 0.717) is 12.8 Å². The molecule has 1 fully saturated rings. The maximum absolute atomic E-state index is 10.1. The molecule has 11 nitrogen and oxygen atoms in total. The van der Waals surface area contributed by atoms with E-state index in [-0.39, 0.29) is 0 Å². The van der Waals surface area contributed by atoms with Gasteiger partial charge in [-0.15, -0.1) is 0 Å². The lowest BCUT2D eigenvalue weighted by atomic mass is 9.99. The van der Waals surface area contributed by atoms with Gasteiger partial charge in [0.1, 0.15) is 30.5 Å². The first-order valence-electron chi connectivity index (χ1n) is 9.79. The summed E-state index contributed by atoms with van der Waals surface area (Å²) >= 11 is 0. The summed E-state index contributed by atoms with van der Waals surface area (Å²) in [6.45, 7) is 6.25. The van der Waals surface area contributed by atoms with Crippen LogP contribution >= 0.6 is 0 Å². The molecule has 1 rings (SSSR count). The lowest BCUT2D eigenvalue weighted by Crippen LogP contribution is -2.61. The van der Waals surface area contributed by atoms with Gasteiger partial charge in [0.2, 0.25) is 12.6 Å². The van der Waals surface area contributed by atoms with E-state index >= 15 is 0 Å². The highest BCUT2D eigenvalue weighted by Crippen LogP contribution is 2.27. The third-order valence-electron chi connectivity index (χ3n) is 5.35. The van der Waals surface area contributed by atoms with Gasteiger partial charge >= 0.3 is 0 Å². The van der Waals surface area contributed by atoms with Crippen molar-refractivity contribution in [3.8, 4) is 0 Å². The van der Waals surface area contributed by atoms with Crippen molar-refractivity contribution in [2.75, 3.05) is 13.2 Å². The molecule has 1 aliphatic heterocycles. The van der Waals surface area contributed by atoms with Gasteiger partial charge in [0.05, 0.1) is 24.9 Å². The standard InChI is InChI=1S/C18H36O11/c1-5-18(4,6-2)29-9(3)10(7-19)27-17(15(23)24)28-14-11(8-20)26-16(25)13(22)12(14)21/h9-17,19-25H,5-8H2,1-4H3. The fourth-order valence-corrected chi connectivity index (χ4v) is 2.98. The minimum absolute atomic E-state index is 0.472. The largest absolute Gasteiger partial charge is 0.394 e. The molecule has 1 saturated heterocycles. The zero-order valence-electron chi connectivity index (χ0n) is 17.3. The number of hydrogen-bond donors (Lipinski definition) is 7. The summed E-state index contributed by atoms with van der Waals surface area (Å²) in [6, 6.07) is 0. The molecular weight excluding hydrogens is 392 g/mol. The Hall–Kier alpha value is -0.440. The molecule has 0 bridgehead atoms. The molecule has 0 saturated carbocycles. The van der Waals surface area contributed by atoms with E-state index in [1.54, 1.807) is 6.92 Å². The highest BCUT2D eigenvalue weighted by molar-refractivity contribution is 4.90. The first-order chi connectivity index (χ1) is 13.5. The van der Waals surface area contributed by atoms with Crippen LogP contribution in [0.3, 0.4) is 0 Å². The SMILES string of the molecule is CCC(C)(CC)OC(C)C(CO)OC(OC1C(CO)OC(O)C(O)C1O)C(O)O. The molecule has 0 aromatic rings. The molecule has 0 aromatic carbocycles. The van der Waals surface area contributed by atoms with Crippen molar-refractivity contribution in [1.82, 2.24) is 0 Å². The Balaban J connectivity index is 2.90. The Kier molecular flexibility index (Phi) is 10.8. The van der Waals surface area contributed by atoms with Gasteiger partial charge in [-0.3, -0.25) is 0 Å². The Labute approximate surface area is 170 Å². The van der Waals surface area contributed by atoms with Crippen LogP contribution in [-0.2, 0) is 18.9 Å². The average Bonchev–Trinajstić information content (AvgIpc) is 2.69. The molecule has 1 aliphatic rings. The lowest BCUT2D eigenvalue weighted by Gasteiger charge is -2.42. The molecule has 7 N–H and O–H groups in total. The summed E-state index contributed by atoms with van der Waals surface area (Å²) in [5.41, 5.74) is -0.472. The van der Waals surface area contributed by atoms with Crippen molar-refractivity contribution < 1.29 is 54.7 Å². The fourth-order valence-electron chi connectivity index (χ4n) is 2.98. The van der Waals surface area contributed by atoms with Crippen LogP contribution in [-0.4, -0.2) is 110 Å². The first-order valence-corrected chi connectivity index (χ1v) is 9.79. The number of aliphatic hydroxyl groups is 7. The van der Waals surface area contributed by atoms with Gasteiger partial charge in [-0.25, -0.2) is 0 Å². The van der Waals surface area contributed by atoms with E-state index < -0.39 is 74.3 Å². The van der Waals surface area contributed by atoms with Crippen LogP contribution in [0.1, 0.15) is 40.5 Å². The van der Waals surface area contributed by atoms with Crippen LogP contribution in [0.2, 0.25) is 0 Å². The Morgan fingerprint density at radius 1 is 1.03 bits per heavy atom. The van der Waals surface area contributed by atoms with Crippen LogP contribution in [0, 0.1) is 0 Å². The van der Waals surface area contributed by atoms with Gasteiger partial charge in [0.25, 0.3) is 0 Å². The Morgan fingerprint density at radius 2 is 1.62 bits per heavy atom. The predicted molar refractivity (Wildman–Crippen MR) is 98.4 cm³/mol. The molecule has 29 heavy (non-hydrogen) atoms. The summed E-state index contributed by atoms with van der Waals surface area (Å²) in [5.74, 6) is 0. The number of ether oxygens (including phenoxy) is 4. The summed E-state index contributed by atoms with van der Waals surface area (Å²) in [5, 5.41) is 67.8. The van der Waals surface area contributed by atoms with E-state index in [1.165, 1.54) is 0 Å². The molecule has 0 aliphatic carbocycles. The zero-order valence-corrected chi connectivity index (χ0v) is 17.3. The van der Waals surface area contributed by atoms with Gasteiger partial charge in [-0.05, 0) is 26.7 Å². The number of rotatable bonds is 12. The van der Waals surface area contributed by atoms with Gasteiger partial charge in [0.15, 0.2) is 6.29 Å². The molecule has 0 spiro atoms. The first kappa shape index (κ1) is 26.6. The van der Waals surface area contributed by atoms with Crippen molar-refractivity contribution >= 4 is 0 Å². The lowest BCUT2D eigenvalue weighted by molar-refractivity contribution is -0.351. The zero-order chi connectivity index (χ0) is 22.4. The molecule has 0 radical (unpaired) electrons. The fraction of sp³-hybridized carbons (Fsp3) is 1.00. The minimum atomic E-state index is -2.18. The molecule has 0 amide bonds. The smallest absolute Gasteiger partial charge is 0.209 e. The van der Waals surface area contributed by atoms with Gasteiger partial charge in [-0.2, -0.15) is 0 Å².